The number of ether oxygens (including phenoxy) is 3. The number of hydrogen-bond acceptors (Lipinski definition) is 6. The van der Waals surface area contributed by atoms with Gasteiger partial charge in [0, 0.05) is 19.3 Å². The molecule has 0 aliphatic rings. The molecule has 0 saturated carbocycles. The summed E-state index contributed by atoms with van der Waals surface area (Å²) in [4.78, 5) is 38.4. The minimum atomic E-state index is -0.783. The molecule has 466 valence electrons. The van der Waals surface area contributed by atoms with E-state index in [0.29, 0.717) is 19.3 Å². The van der Waals surface area contributed by atoms with Gasteiger partial charge in [0.1, 0.15) is 13.2 Å². The standard InChI is InChI=1S/C74H134O6/c1-4-7-10-13-16-19-22-25-28-30-32-33-34-35-36-37-38-39-40-41-43-44-46-49-52-55-58-61-64-67-73(76)79-70-71(69-78-72(75)66-63-60-57-54-51-48-27-24-21-18-15-12-9-6-3)80-74(77)68-65-62-59-56-53-50-47-45-42-31-29-26-23-20-17-14-11-8-5-2/h15,17-18,20,24,26-27,29-30,32,71H,4-14,16,19,21-23,25,28,31,33-70H2,1-3H3/b18-15-,20-17-,27-24-,29-26-,32-30-. The van der Waals surface area contributed by atoms with Crippen LogP contribution in [-0.4, -0.2) is 37.2 Å². The van der Waals surface area contributed by atoms with Crippen LogP contribution >= 0.6 is 0 Å². The van der Waals surface area contributed by atoms with Crippen LogP contribution in [0, 0.1) is 0 Å². The van der Waals surface area contributed by atoms with Gasteiger partial charge in [-0.1, -0.05) is 313 Å². The van der Waals surface area contributed by atoms with Crippen molar-refractivity contribution in [3.63, 3.8) is 0 Å². The highest BCUT2D eigenvalue weighted by Gasteiger charge is 2.19. The monoisotopic (exact) mass is 1120 g/mol. The van der Waals surface area contributed by atoms with Crippen molar-refractivity contribution in [2.75, 3.05) is 13.2 Å². The molecule has 0 N–H and O–H groups in total. The van der Waals surface area contributed by atoms with Crippen LogP contribution in [0.15, 0.2) is 60.8 Å². The van der Waals surface area contributed by atoms with Crippen molar-refractivity contribution in [2.24, 2.45) is 0 Å². The zero-order valence-corrected chi connectivity index (χ0v) is 53.6. The SMILES string of the molecule is CCCC/C=C\C/C=C\CCCCCCCC(=O)OCC(COC(=O)CCCCCCCCCCCCCCCCCCC/C=C\CCCCCCCCCC)OC(=O)CCCCCCCCCCC/C=C\C/C=C\CCCCC. The van der Waals surface area contributed by atoms with Gasteiger partial charge in [-0.15, -0.1) is 0 Å². The van der Waals surface area contributed by atoms with Crippen molar-refractivity contribution in [1.82, 2.24) is 0 Å². The Morgan fingerprint density at radius 3 is 0.762 bits per heavy atom. The lowest BCUT2D eigenvalue weighted by molar-refractivity contribution is -0.167. The van der Waals surface area contributed by atoms with E-state index in [1.807, 2.05) is 0 Å². The molecule has 6 nitrogen and oxygen atoms in total. The molecule has 6 heteroatoms. The van der Waals surface area contributed by atoms with E-state index in [9.17, 15) is 14.4 Å². The lowest BCUT2D eigenvalue weighted by Crippen LogP contribution is -2.30. The van der Waals surface area contributed by atoms with E-state index in [2.05, 4.69) is 81.5 Å². The maximum atomic E-state index is 12.9. The summed E-state index contributed by atoms with van der Waals surface area (Å²) < 4.78 is 17.0. The number of carbonyl (C=O) groups is 3. The highest BCUT2D eigenvalue weighted by molar-refractivity contribution is 5.71. The maximum absolute atomic E-state index is 12.9. The molecule has 0 heterocycles. The number of hydrogen-bond donors (Lipinski definition) is 0. The minimum Gasteiger partial charge on any atom is -0.462 e. The lowest BCUT2D eigenvalue weighted by Gasteiger charge is -2.18. The first-order valence-corrected chi connectivity index (χ1v) is 35.3. The highest BCUT2D eigenvalue weighted by Crippen LogP contribution is 2.18. The Balaban J connectivity index is 4.22. The van der Waals surface area contributed by atoms with Crippen LogP contribution in [0.3, 0.4) is 0 Å². The zero-order chi connectivity index (χ0) is 57.8. The quantitative estimate of drug-likeness (QED) is 0.0261. The molecule has 1 atom stereocenters. The van der Waals surface area contributed by atoms with Crippen LogP contribution in [0.4, 0.5) is 0 Å². The van der Waals surface area contributed by atoms with Gasteiger partial charge >= 0.3 is 17.9 Å². The summed E-state index contributed by atoms with van der Waals surface area (Å²) in [6, 6.07) is 0. The van der Waals surface area contributed by atoms with Gasteiger partial charge in [-0.2, -0.15) is 0 Å². The summed E-state index contributed by atoms with van der Waals surface area (Å²) in [5.41, 5.74) is 0. The van der Waals surface area contributed by atoms with Crippen LogP contribution in [0.5, 0.6) is 0 Å². The molecule has 0 saturated heterocycles. The number of unbranched alkanes of at least 4 members (excludes halogenated alkanes) is 44. The summed E-state index contributed by atoms with van der Waals surface area (Å²) in [5, 5.41) is 0. The molecular formula is C74H134O6. The van der Waals surface area contributed by atoms with Gasteiger partial charge in [0.25, 0.3) is 0 Å². The van der Waals surface area contributed by atoms with E-state index >= 15 is 0 Å². The van der Waals surface area contributed by atoms with E-state index in [-0.39, 0.29) is 31.1 Å². The number of esters is 3. The molecule has 0 aromatic rings. The van der Waals surface area contributed by atoms with E-state index in [1.165, 1.54) is 250 Å². The summed E-state index contributed by atoms with van der Waals surface area (Å²) in [5.74, 6) is -0.875. The largest absolute Gasteiger partial charge is 0.462 e. The Morgan fingerprint density at radius 2 is 0.463 bits per heavy atom. The zero-order valence-electron chi connectivity index (χ0n) is 53.6. The first-order chi connectivity index (χ1) is 39.5. The first kappa shape index (κ1) is 77.1. The van der Waals surface area contributed by atoms with Gasteiger partial charge in [0.2, 0.25) is 0 Å². The second kappa shape index (κ2) is 68.6. The predicted octanol–water partition coefficient (Wildman–Crippen LogP) is 24.3. The molecule has 0 aliphatic heterocycles. The third kappa shape index (κ3) is 65.9. The molecule has 0 aromatic carbocycles. The molecule has 0 aliphatic carbocycles. The molecule has 0 bridgehead atoms. The van der Waals surface area contributed by atoms with Crippen molar-refractivity contribution in [1.29, 1.82) is 0 Å². The predicted molar refractivity (Wildman–Crippen MR) is 348 cm³/mol. The fourth-order valence-electron chi connectivity index (χ4n) is 10.4. The smallest absolute Gasteiger partial charge is 0.306 e. The lowest BCUT2D eigenvalue weighted by atomic mass is 10.0. The van der Waals surface area contributed by atoms with Gasteiger partial charge < -0.3 is 14.2 Å². The Bertz CT molecular complexity index is 1430. The second-order valence-electron chi connectivity index (χ2n) is 23.8. The minimum absolute atomic E-state index is 0.0774. The Morgan fingerprint density at radius 1 is 0.250 bits per heavy atom. The second-order valence-corrected chi connectivity index (χ2v) is 23.8. The fraction of sp³-hybridized carbons (Fsp3) is 0.824. The van der Waals surface area contributed by atoms with Gasteiger partial charge in [0.05, 0.1) is 0 Å². The van der Waals surface area contributed by atoms with E-state index in [0.717, 1.165) is 83.5 Å². The molecule has 80 heavy (non-hydrogen) atoms. The third-order valence-electron chi connectivity index (χ3n) is 15.7. The van der Waals surface area contributed by atoms with E-state index < -0.39 is 6.10 Å². The Labute approximate surface area is 498 Å². The van der Waals surface area contributed by atoms with Crippen LogP contribution < -0.4 is 0 Å². The first-order valence-electron chi connectivity index (χ1n) is 35.3. The molecule has 0 spiro atoms. The van der Waals surface area contributed by atoms with Gasteiger partial charge in [-0.25, -0.2) is 0 Å². The normalized spacial score (nSPS) is 12.4. The number of rotatable bonds is 65. The Hall–Kier alpha value is -2.89. The summed E-state index contributed by atoms with van der Waals surface area (Å²) in [7, 11) is 0. The van der Waals surface area contributed by atoms with Crippen molar-refractivity contribution in [2.45, 2.75) is 380 Å². The highest BCUT2D eigenvalue weighted by atomic mass is 16.6. The molecule has 0 aromatic heterocycles. The average Bonchev–Trinajstić information content (AvgIpc) is 3.46. The van der Waals surface area contributed by atoms with Crippen molar-refractivity contribution < 1.29 is 28.6 Å². The van der Waals surface area contributed by atoms with E-state index in [4.69, 9.17) is 14.2 Å². The fourth-order valence-corrected chi connectivity index (χ4v) is 10.4. The van der Waals surface area contributed by atoms with Crippen LogP contribution in [0.2, 0.25) is 0 Å². The van der Waals surface area contributed by atoms with E-state index in [1.54, 1.807) is 0 Å². The van der Waals surface area contributed by atoms with Crippen molar-refractivity contribution in [3.8, 4) is 0 Å². The van der Waals surface area contributed by atoms with Crippen LogP contribution in [-0.2, 0) is 28.6 Å². The molecule has 1 unspecified atom stereocenters. The van der Waals surface area contributed by atoms with Crippen molar-refractivity contribution >= 4 is 17.9 Å². The summed E-state index contributed by atoms with van der Waals surface area (Å²) in [6.07, 6.45) is 88.2. The Kier molecular flexibility index (Phi) is 66.1. The number of carbonyl (C=O) groups excluding carboxylic acids is 3. The van der Waals surface area contributed by atoms with Crippen molar-refractivity contribution in [3.05, 3.63) is 60.8 Å². The molecule has 0 rings (SSSR count). The molecule has 0 radical (unpaired) electrons. The van der Waals surface area contributed by atoms with Crippen LogP contribution in [0.25, 0.3) is 0 Å². The maximum Gasteiger partial charge on any atom is 0.306 e. The molecular weight excluding hydrogens is 985 g/mol. The van der Waals surface area contributed by atoms with Gasteiger partial charge in [-0.05, 0) is 103 Å². The molecule has 0 amide bonds. The van der Waals surface area contributed by atoms with Crippen LogP contribution in [0.1, 0.15) is 374 Å². The van der Waals surface area contributed by atoms with Gasteiger partial charge in [-0.3, -0.25) is 14.4 Å². The topological polar surface area (TPSA) is 78.9 Å². The summed E-state index contributed by atoms with van der Waals surface area (Å²) in [6.45, 7) is 6.61. The number of allylic oxidation sites excluding steroid dienone is 10. The average molecular weight is 1120 g/mol. The third-order valence-corrected chi connectivity index (χ3v) is 15.7. The molecule has 0 fully saturated rings. The summed E-state index contributed by atoms with van der Waals surface area (Å²) >= 11 is 0. The van der Waals surface area contributed by atoms with Gasteiger partial charge in [0.15, 0.2) is 6.10 Å².